The predicted molar refractivity (Wildman–Crippen MR) is 214 cm³/mol. The molecule has 2 aromatic rings. The zero-order chi connectivity index (χ0) is 39.7. The lowest BCUT2D eigenvalue weighted by molar-refractivity contribution is -0.211. The normalized spacial score (nSPS) is 38.7. The molecule has 0 aromatic carbocycles. The van der Waals surface area contributed by atoms with Crippen LogP contribution in [-0.4, -0.2) is 62.3 Å². The minimum atomic E-state index is -0.632. The Balaban J connectivity index is 1.49. The molecule has 1 saturated heterocycles. The zero-order valence-electron chi connectivity index (χ0n) is 35.5. The van der Waals surface area contributed by atoms with Gasteiger partial charge in [0.15, 0.2) is 5.82 Å². The Hall–Kier alpha value is -2.62. The number of aliphatic carboxylic acids is 1. The van der Waals surface area contributed by atoms with E-state index < -0.39 is 22.8 Å². The topological polar surface area (TPSA) is 125 Å². The molecule has 11 atom stereocenters. The van der Waals surface area contributed by atoms with E-state index in [9.17, 15) is 9.90 Å². The Labute approximate surface area is 325 Å². The van der Waals surface area contributed by atoms with Crippen LogP contribution in [0.3, 0.4) is 0 Å². The van der Waals surface area contributed by atoms with E-state index in [1.807, 2.05) is 12.1 Å². The summed E-state index contributed by atoms with van der Waals surface area (Å²) in [5.41, 5.74) is 7.22. The second-order valence-electron chi connectivity index (χ2n) is 20.9. The first-order valence-electron chi connectivity index (χ1n) is 20.8. The van der Waals surface area contributed by atoms with Gasteiger partial charge >= 0.3 is 5.97 Å². The van der Waals surface area contributed by atoms with Crippen LogP contribution in [0.5, 0.6) is 0 Å². The fourth-order valence-electron chi connectivity index (χ4n) is 12.1. The van der Waals surface area contributed by atoms with Gasteiger partial charge in [-0.05, 0) is 97.0 Å². The number of aromatic nitrogens is 4. The SMILES string of the molecule is CCC[C@H]1C([C@]23COC[C@](C)(C2)[C@@H](OCC(C)(N)C(C)(C)C)[C@H](n2ncnc2-c2ccncc2)C3)=CC[C@@]2(C)[C@H](C(=O)O)[C@@](C)([C@H](C)C(C)C)CC[C@]12C. The first kappa shape index (κ1) is 41.0. The third-order valence-electron chi connectivity index (χ3n) is 16.4. The number of nitrogens with two attached hydrogens (primary N) is 1. The molecule has 9 heteroatoms. The van der Waals surface area contributed by atoms with E-state index in [2.05, 4.69) is 98.8 Å². The maximum absolute atomic E-state index is 13.6. The Morgan fingerprint density at radius 3 is 2.37 bits per heavy atom. The molecule has 0 amide bonds. The number of fused-ring (bicyclic) bond motifs is 3. The van der Waals surface area contributed by atoms with E-state index >= 15 is 0 Å². The molecule has 54 heavy (non-hydrogen) atoms. The van der Waals surface area contributed by atoms with Gasteiger partial charge in [-0.25, -0.2) is 9.67 Å². The van der Waals surface area contributed by atoms with Crippen molar-refractivity contribution in [3.8, 4) is 11.4 Å². The van der Waals surface area contributed by atoms with Crippen LogP contribution < -0.4 is 5.73 Å². The molecule has 2 saturated carbocycles. The van der Waals surface area contributed by atoms with Gasteiger partial charge in [0.2, 0.25) is 0 Å². The fourth-order valence-corrected chi connectivity index (χ4v) is 12.1. The predicted octanol–water partition coefficient (Wildman–Crippen LogP) is 9.40. The van der Waals surface area contributed by atoms with Crippen molar-refractivity contribution in [1.29, 1.82) is 0 Å². The van der Waals surface area contributed by atoms with Crippen LogP contribution in [-0.2, 0) is 14.3 Å². The molecule has 3 N–H and O–H groups in total. The molecule has 3 fully saturated rings. The van der Waals surface area contributed by atoms with Crippen LogP contribution in [0.4, 0.5) is 0 Å². The average molecular weight is 746 g/mol. The summed E-state index contributed by atoms with van der Waals surface area (Å²) in [7, 11) is 0. The second-order valence-corrected chi connectivity index (χ2v) is 20.9. The Morgan fingerprint density at radius 2 is 1.76 bits per heavy atom. The number of carbonyl (C=O) groups is 1. The maximum atomic E-state index is 13.6. The third kappa shape index (κ3) is 6.40. The highest BCUT2D eigenvalue weighted by atomic mass is 16.5. The molecule has 9 nitrogen and oxygen atoms in total. The molecule has 6 rings (SSSR count). The van der Waals surface area contributed by atoms with Crippen molar-refractivity contribution in [3.63, 3.8) is 0 Å². The number of allylic oxidation sites excluding steroid dienone is 1. The number of hydrogen-bond acceptors (Lipinski definition) is 7. The minimum Gasteiger partial charge on any atom is -0.481 e. The summed E-state index contributed by atoms with van der Waals surface area (Å²) in [5.74, 6) is 0.668. The molecule has 0 radical (unpaired) electrons. The highest BCUT2D eigenvalue weighted by Gasteiger charge is 2.68. The highest BCUT2D eigenvalue weighted by molar-refractivity contribution is 5.73. The summed E-state index contributed by atoms with van der Waals surface area (Å²) in [4.78, 5) is 22.7. The summed E-state index contributed by atoms with van der Waals surface area (Å²) in [5, 5.41) is 16.2. The molecule has 1 aliphatic heterocycles. The van der Waals surface area contributed by atoms with Gasteiger partial charge in [0.1, 0.15) is 6.33 Å². The molecule has 0 spiro atoms. The minimum absolute atomic E-state index is 0.133. The number of carboxylic acids is 1. The van der Waals surface area contributed by atoms with E-state index in [0.29, 0.717) is 31.7 Å². The molecule has 3 heterocycles. The lowest BCUT2D eigenvalue weighted by Crippen LogP contribution is -2.65. The molecule has 3 aliphatic carbocycles. The van der Waals surface area contributed by atoms with Crippen LogP contribution >= 0.6 is 0 Å². The van der Waals surface area contributed by atoms with Crippen molar-refractivity contribution in [2.75, 3.05) is 19.8 Å². The summed E-state index contributed by atoms with van der Waals surface area (Å²) in [6, 6.07) is 3.86. The Kier molecular flexibility index (Phi) is 10.7. The summed E-state index contributed by atoms with van der Waals surface area (Å²) >= 11 is 0. The molecule has 2 aromatic heterocycles. The molecule has 2 bridgehead atoms. The van der Waals surface area contributed by atoms with Crippen LogP contribution in [0.15, 0.2) is 42.5 Å². The Bertz CT molecular complexity index is 1700. The van der Waals surface area contributed by atoms with Crippen molar-refractivity contribution >= 4 is 5.97 Å². The molecular formula is C45H71N5O4. The number of carboxylic acid groups (broad SMARTS) is 1. The first-order valence-corrected chi connectivity index (χ1v) is 20.8. The molecule has 1 unspecified atom stereocenters. The van der Waals surface area contributed by atoms with Gasteiger partial charge in [-0.1, -0.05) is 94.2 Å². The summed E-state index contributed by atoms with van der Waals surface area (Å²) < 4.78 is 16.0. The van der Waals surface area contributed by atoms with Crippen molar-refractivity contribution in [1.82, 2.24) is 19.7 Å². The van der Waals surface area contributed by atoms with Crippen molar-refractivity contribution in [2.45, 2.75) is 146 Å². The average Bonchev–Trinajstić information content (AvgIpc) is 3.58. The monoisotopic (exact) mass is 746 g/mol. The van der Waals surface area contributed by atoms with Gasteiger partial charge in [-0.15, -0.1) is 0 Å². The van der Waals surface area contributed by atoms with Crippen LogP contribution in [0.25, 0.3) is 11.4 Å². The molecule has 4 aliphatic rings. The van der Waals surface area contributed by atoms with Crippen LogP contribution in [0, 0.1) is 56.2 Å². The summed E-state index contributed by atoms with van der Waals surface area (Å²) in [6.07, 6.45) is 14.0. The van der Waals surface area contributed by atoms with E-state index in [1.165, 1.54) is 5.57 Å². The first-order chi connectivity index (χ1) is 25.1. The van der Waals surface area contributed by atoms with Gasteiger partial charge in [0.25, 0.3) is 0 Å². The van der Waals surface area contributed by atoms with Gasteiger partial charge in [0, 0.05) is 34.3 Å². The van der Waals surface area contributed by atoms with Gasteiger partial charge in [-0.2, -0.15) is 5.10 Å². The number of pyridine rings is 1. The van der Waals surface area contributed by atoms with E-state index in [4.69, 9.17) is 25.3 Å². The van der Waals surface area contributed by atoms with Gasteiger partial charge < -0.3 is 20.3 Å². The van der Waals surface area contributed by atoms with Crippen molar-refractivity contribution < 1.29 is 19.4 Å². The van der Waals surface area contributed by atoms with E-state index in [-0.39, 0.29) is 45.1 Å². The lowest BCUT2D eigenvalue weighted by Gasteiger charge is -2.68. The summed E-state index contributed by atoms with van der Waals surface area (Å²) in [6.45, 7) is 28.7. The number of rotatable bonds is 11. The van der Waals surface area contributed by atoms with Gasteiger partial charge in [-0.3, -0.25) is 9.78 Å². The standard InChI is InChI=1S/C45H71N5O4/c1-13-14-32-33(15-18-43(11)35(38(51)52)41(9,30(4)29(2)3)19-20-42(32,43)10)45-23-34(50-37(48-28-49-50)31-16-21-47-22-17-31)36(40(8,24-45)25-53-27-45)54-26-44(12,46)39(5,6)7/h15-17,21-22,28-30,32,34-36H,13-14,18-20,23-27,46H2,1-12H3,(H,51,52)/t30-,32+,34-,35-,36+,40+,41-,42-,43+,44?,45+/m1/s1. The van der Waals surface area contributed by atoms with Crippen molar-refractivity contribution in [2.24, 2.45) is 61.9 Å². The number of ether oxygens (including phenoxy) is 2. The van der Waals surface area contributed by atoms with Crippen LogP contribution in [0.1, 0.15) is 134 Å². The second kappa shape index (κ2) is 14.1. The Morgan fingerprint density at radius 1 is 1.07 bits per heavy atom. The number of nitrogens with zero attached hydrogens (tertiary/aromatic N) is 4. The zero-order valence-corrected chi connectivity index (χ0v) is 35.5. The van der Waals surface area contributed by atoms with E-state index in [1.54, 1.807) is 18.7 Å². The van der Waals surface area contributed by atoms with Crippen LogP contribution in [0.2, 0.25) is 0 Å². The van der Waals surface area contributed by atoms with Crippen molar-refractivity contribution in [3.05, 3.63) is 42.5 Å². The molecule has 300 valence electrons. The van der Waals surface area contributed by atoms with E-state index in [0.717, 1.165) is 56.3 Å². The number of hydrogen-bond donors (Lipinski definition) is 2. The third-order valence-corrected chi connectivity index (χ3v) is 16.4. The smallest absolute Gasteiger partial charge is 0.307 e. The molecular weight excluding hydrogens is 675 g/mol. The maximum Gasteiger partial charge on any atom is 0.307 e. The quantitative estimate of drug-likeness (QED) is 0.218. The van der Waals surface area contributed by atoms with Gasteiger partial charge in [0.05, 0.1) is 37.9 Å². The highest BCUT2D eigenvalue weighted by Crippen LogP contribution is 2.72. The largest absolute Gasteiger partial charge is 0.481 e. The lowest BCUT2D eigenvalue weighted by atomic mass is 9.36. The fraction of sp³-hybridized carbons (Fsp3) is 0.778.